The lowest BCUT2D eigenvalue weighted by Crippen LogP contribution is -2.39. The predicted molar refractivity (Wildman–Crippen MR) is 87.5 cm³/mol. The summed E-state index contributed by atoms with van der Waals surface area (Å²) in [4.78, 5) is 28.1. The van der Waals surface area contributed by atoms with E-state index in [0.717, 1.165) is 0 Å². The smallest absolute Gasteiger partial charge is 0.260 e. The molecule has 1 aromatic heterocycles. The van der Waals surface area contributed by atoms with E-state index in [1.165, 1.54) is 30.0 Å². The van der Waals surface area contributed by atoms with Crippen molar-refractivity contribution in [1.82, 2.24) is 14.9 Å². The first-order valence-corrected chi connectivity index (χ1v) is 7.61. The van der Waals surface area contributed by atoms with Gasteiger partial charge in [-0.15, -0.1) is 0 Å². The van der Waals surface area contributed by atoms with E-state index in [2.05, 4.69) is 10.3 Å². The Morgan fingerprint density at radius 2 is 2.08 bits per heavy atom. The van der Waals surface area contributed by atoms with E-state index in [1.54, 1.807) is 26.0 Å². The number of hydrogen-bond donors (Lipinski definition) is 1. The van der Waals surface area contributed by atoms with Crippen LogP contribution >= 0.6 is 0 Å². The normalized spacial score (nSPS) is 11.8. The molecule has 1 amide bonds. The molecule has 0 spiro atoms. The number of aromatic nitrogens is 2. The molecule has 1 N–H and O–H groups in total. The van der Waals surface area contributed by atoms with Gasteiger partial charge in [0, 0.05) is 24.3 Å². The van der Waals surface area contributed by atoms with Crippen LogP contribution in [-0.4, -0.2) is 28.1 Å². The van der Waals surface area contributed by atoms with Crippen LogP contribution in [0, 0.1) is 19.7 Å². The van der Waals surface area contributed by atoms with Gasteiger partial charge in [0.2, 0.25) is 0 Å². The summed E-state index contributed by atoms with van der Waals surface area (Å²) in [6.07, 6.45) is 0.604. The number of nitrogens with one attached hydrogen (secondary N) is 1. The van der Waals surface area contributed by atoms with Crippen LogP contribution in [0.5, 0.6) is 5.75 Å². The van der Waals surface area contributed by atoms with Gasteiger partial charge in [-0.2, -0.15) is 0 Å². The molecule has 0 aliphatic rings. The minimum absolute atomic E-state index is 0.0229. The fourth-order valence-corrected chi connectivity index (χ4v) is 2.06. The summed E-state index contributed by atoms with van der Waals surface area (Å²) in [6, 6.07) is 5.89. The van der Waals surface area contributed by atoms with Crippen LogP contribution in [0.4, 0.5) is 4.39 Å². The molecule has 0 aliphatic carbocycles. The van der Waals surface area contributed by atoms with Crippen molar-refractivity contribution in [2.75, 3.05) is 6.54 Å². The number of rotatable bonds is 6. The zero-order valence-corrected chi connectivity index (χ0v) is 13.9. The molecule has 24 heavy (non-hydrogen) atoms. The standard InChI is InChI=1S/C17H20FN3O3/c1-11-12(2)20-10-21(17(11)23)9-8-19-16(22)13(3)24-15-7-5-4-6-14(15)18/h4-7,10,13H,8-9H2,1-3H3,(H,19,22)/t13-/m0/s1. The van der Waals surface area contributed by atoms with E-state index in [1.807, 2.05) is 0 Å². The third kappa shape index (κ3) is 4.18. The second kappa shape index (κ2) is 7.72. The number of amides is 1. The van der Waals surface area contributed by atoms with E-state index in [0.29, 0.717) is 17.8 Å². The molecule has 2 aromatic rings. The molecule has 0 saturated heterocycles. The van der Waals surface area contributed by atoms with E-state index >= 15 is 0 Å². The molecule has 0 radical (unpaired) electrons. The largest absolute Gasteiger partial charge is 0.478 e. The van der Waals surface area contributed by atoms with Gasteiger partial charge in [-0.1, -0.05) is 12.1 Å². The summed E-state index contributed by atoms with van der Waals surface area (Å²) in [7, 11) is 0. The lowest BCUT2D eigenvalue weighted by molar-refractivity contribution is -0.127. The van der Waals surface area contributed by atoms with Crippen molar-refractivity contribution < 1.29 is 13.9 Å². The minimum Gasteiger partial charge on any atom is -0.478 e. The number of hydrogen-bond acceptors (Lipinski definition) is 4. The van der Waals surface area contributed by atoms with Crippen LogP contribution in [0.25, 0.3) is 0 Å². The number of ether oxygens (including phenoxy) is 1. The maximum absolute atomic E-state index is 13.5. The van der Waals surface area contributed by atoms with Crippen molar-refractivity contribution in [2.24, 2.45) is 0 Å². The third-order valence-electron chi connectivity index (χ3n) is 3.68. The van der Waals surface area contributed by atoms with E-state index in [-0.39, 0.29) is 23.8 Å². The maximum Gasteiger partial charge on any atom is 0.260 e. The highest BCUT2D eigenvalue weighted by Gasteiger charge is 2.16. The summed E-state index contributed by atoms with van der Waals surface area (Å²) in [5.74, 6) is -0.886. The van der Waals surface area contributed by atoms with Gasteiger partial charge >= 0.3 is 0 Å². The summed E-state index contributed by atoms with van der Waals surface area (Å²) in [5.41, 5.74) is 1.14. The van der Waals surface area contributed by atoms with Crippen molar-refractivity contribution >= 4 is 5.91 Å². The fraction of sp³-hybridized carbons (Fsp3) is 0.353. The molecule has 0 bridgehead atoms. The molecule has 0 saturated carbocycles. The van der Waals surface area contributed by atoms with E-state index in [4.69, 9.17) is 4.74 Å². The van der Waals surface area contributed by atoms with Gasteiger partial charge in [-0.3, -0.25) is 14.2 Å². The number of benzene rings is 1. The summed E-state index contributed by atoms with van der Waals surface area (Å²) < 4.78 is 20.2. The van der Waals surface area contributed by atoms with Crippen LogP contribution < -0.4 is 15.6 Å². The monoisotopic (exact) mass is 333 g/mol. The van der Waals surface area contributed by atoms with E-state index < -0.39 is 11.9 Å². The second-order valence-electron chi connectivity index (χ2n) is 5.44. The molecule has 7 heteroatoms. The number of halogens is 1. The number of aryl methyl sites for hydroxylation is 1. The zero-order chi connectivity index (χ0) is 17.7. The van der Waals surface area contributed by atoms with Crippen molar-refractivity contribution in [1.29, 1.82) is 0 Å². The lowest BCUT2D eigenvalue weighted by Gasteiger charge is -2.15. The molecule has 0 unspecified atom stereocenters. The SMILES string of the molecule is Cc1ncn(CCNC(=O)[C@H](C)Oc2ccccc2F)c(=O)c1C. The van der Waals surface area contributed by atoms with Crippen LogP contribution in [-0.2, 0) is 11.3 Å². The topological polar surface area (TPSA) is 73.2 Å². The van der Waals surface area contributed by atoms with Gasteiger partial charge in [-0.25, -0.2) is 9.37 Å². The summed E-state index contributed by atoms with van der Waals surface area (Å²) >= 11 is 0. The first kappa shape index (κ1) is 17.7. The Morgan fingerprint density at radius 1 is 1.38 bits per heavy atom. The van der Waals surface area contributed by atoms with Gasteiger partial charge in [0.25, 0.3) is 11.5 Å². The van der Waals surface area contributed by atoms with Crippen molar-refractivity contribution in [3.05, 3.63) is 58.0 Å². The highest BCUT2D eigenvalue weighted by molar-refractivity contribution is 5.80. The molecule has 0 fully saturated rings. The average molecular weight is 333 g/mol. The fourth-order valence-electron chi connectivity index (χ4n) is 2.06. The van der Waals surface area contributed by atoms with Gasteiger partial charge in [0.15, 0.2) is 17.7 Å². The van der Waals surface area contributed by atoms with Crippen molar-refractivity contribution in [2.45, 2.75) is 33.4 Å². The predicted octanol–water partition coefficient (Wildman–Crippen LogP) is 1.58. The molecule has 6 nitrogen and oxygen atoms in total. The molecule has 1 heterocycles. The van der Waals surface area contributed by atoms with Crippen LogP contribution in [0.2, 0.25) is 0 Å². The Bertz CT molecular complexity index is 789. The number of carbonyl (C=O) groups excluding carboxylic acids is 1. The highest BCUT2D eigenvalue weighted by atomic mass is 19.1. The molecule has 0 aliphatic heterocycles. The quantitative estimate of drug-likeness (QED) is 0.871. The molecular formula is C17H20FN3O3. The Balaban J connectivity index is 1.88. The summed E-state index contributed by atoms with van der Waals surface area (Å²) in [5, 5.41) is 2.66. The molecule has 128 valence electrons. The first-order chi connectivity index (χ1) is 11.4. The van der Waals surface area contributed by atoms with E-state index in [9.17, 15) is 14.0 Å². The highest BCUT2D eigenvalue weighted by Crippen LogP contribution is 2.16. The van der Waals surface area contributed by atoms with Crippen molar-refractivity contribution in [3.63, 3.8) is 0 Å². The zero-order valence-electron chi connectivity index (χ0n) is 13.9. The van der Waals surface area contributed by atoms with Crippen LogP contribution in [0.15, 0.2) is 35.4 Å². The number of carbonyl (C=O) groups is 1. The van der Waals surface area contributed by atoms with Gasteiger partial charge < -0.3 is 10.1 Å². The average Bonchev–Trinajstić information content (AvgIpc) is 2.56. The minimum atomic E-state index is -0.850. The molecule has 1 atom stereocenters. The van der Waals surface area contributed by atoms with Gasteiger partial charge in [0.05, 0.1) is 6.33 Å². The van der Waals surface area contributed by atoms with Crippen LogP contribution in [0.1, 0.15) is 18.2 Å². The first-order valence-electron chi connectivity index (χ1n) is 7.61. The molecule has 1 aromatic carbocycles. The molecular weight excluding hydrogens is 313 g/mol. The third-order valence-corrected chi connectivity index (χ3v) is 3.68. The van der Waals surface area contributed by atoms with Crippen LogP contribution in [0.3, 0.4) is 0 Å². The number of nitrogens with zero attached hydrogens (tertiary/aromatic N) is 2. The Kier molecular flexibility index (Phi) is 5.68. The van der Waals surface area contributed by atoms with Crippen molar-refractivity contribution in [3.8, 4) is 5.75 Å². The maximum atomic E-state index is 13.5. The Hall–Kier alpha value is -2.70. The Labute approximate surface area is 139 Å². The lowest BCUT2D eigenvalue weighted by atomic mass is 10.3. The number of para-hydroxylation sites is 1. The van der Waals surface area contributed by atoms with Gasteiger partial charge in [0.1, 0.15) is 0 Å². The van der Waals surface area contributed by atoms with Gasteiger partial charge in [-0.05, 0) is 32.9 Å². The Morgan fingerprint density at radius 3 is 2.79 bits per heavy atom. The summed E-state index contributed by atoms with van der Waals surface area (Å²) in [6.45, 7) is 5.55. The molecule has 2 rings (SSSR count). The second-order valence-corrected chi connectivity index (χ2v) is 5.44.